The molecule has 4 N–H and O–H groups in total. The second-order valence-corrected chi connectivity index (χ2v) is 21.2. The average molecular weight is 1010 g/mol. The molecule has 4 heterocycles. The summed E-state index contributed by atoms with van der Waals surface area (Å²) in [7, 11) is 5.66. The number of benzene rings is 1. The summed E-state index contributed by atoms with van der Waals surface area (Å²) in [5.41, 5.74) is 3.05. The number of hydrogen-bond acceptors (Lipinski definition) is 16. The number of fused-ring (bicyclic) bond motifs is 1. The van der Waals surface area contributed by atoms with Crippen LogP contribution in [0.5, 0.6) is 0 Å². The van der Waals surface area contributed by atoms with Crippen LogP contribution in [0.1, 0.15) is 100 Å². The van der Waals surface area contributed by atoms with Crippen molar-refractivity contribution in [2.45, 2.75) is 180 Å². The smallest absolute Gasteiger partial charge is 0.458 e. The second-order valence-electron chi connectivity index (χ2n) is 20.3. The minimum absolute atomic E-state index is 0.149. The summed E-state index contributed by atoms with van der Waals surface area (Å²) in [6, 6.07) is 6.68. The molecule has 378 valence electrons. The Labute approximate surface area is 404 Å². The van der Waals surface area contributed by atoms with Gasteiger partial charge in [0.1, 0.15) is 18.3 Å². The van der Waals surface area contributed by atoms with Crippen molar-refractivity contribution in [2.24, 2.45) is 23.2 Å². The summed E-state index contributed by atoms with van der Waals surface area (Å²) in [5.74, 6) is -3.19. The highest BCUT2D eigenvalue weighted by molar-refractivity contribution is 9.10. The Kier molecular flexibility index (Phi) is 18.7. The Morgan fingerprint density at radius 1 is 0.940 bits per heavy atom. The molecule has 18 nitrogen and oxygen atoms in total. The highest BCUT2D eigenvalue weighted by Crippen LogP contribution is 2.42. The van der Waals surface area contributed by atoms with Crippen molar-refractivity contribution in [1.29, 1.82) is 0 Å². The van der Waals surface area contributed by atoms with Crippen LogP contribution in [-0.4, -0.2) is 157 Å². The van der Waals surface area contributed by atoms with Gasteiger partial charge in [0, 0.05) is 46.9 Å². The zero-order valence-corrected chi connectivity index (χ0v) is 42.9. The van der Waals surface area contributed by atoms with Crippen molar-refractivity contribution in [3.8, 4) is 0 Å². The standard InChI is InChI=1S/C48H75BrN4O14/c1-14-34-40-39(64-46(58)65-40)29(6)53(13)24-25(2)22-48(10,59)41(66-44-37(55)33(52(11)12)21-26(3)60-44)27(4)38(28(5)43(56)62-34)63-36-23-47(8,9)42(30(7)61-36)67-45(57)51-50-35(54)20-17-31-15-18-32(49)19-16-31/h15-20,25-30,33-34,36-42,44,55,59H,14,21-24H2,1-13H3,(H,50,54)(H,51,57)/b20-17+/t25-,26-,27+,28-,29-,30+,33+,34-,36+,37-,38+,39-,40+,41-,42+,44+,48+/m1/s1. The third-order valence-corrected chi connectivity index (χ3v) is 14.3. The minimum Gasteiger partial charge on any atom is -0.458 e. The first-order valence-corrected chi connectivity index (χ1v) is 24.3. The number of carbonyl (C=O) groups excluding carboxylic acids is 4. The van der Waals surface area contributed by atoms with Crippen molar-refractivity contribution >= 4 is 46.1 Å². The molecule has 4 aliphatic heterocycles. The van der Waals surface area contributed by atoms with Gasteiger partial charge in [0.2, 0.25) is 0 Å². The topological polar surface area (TPSA) is 213 Å². The predicted octanol–water partition coefficient (Wildman–Crippen LogP) is 5.55. The maximum Gasteiger partial charge on any atom is 0.509 e. The van der Waals surface area contributed by atoms with E-state index in [1.807, 2.05) is 104 Å². The molecule has 5 rings (SSSR count). The SMILES string of the molecule is CC[C@H]1OC(=O)[C@H](C)[C@@H](O[C@H]2CC(C)(C)[C@@H](OC(=O)NNC(=O)/C=C/c3ccc(Br)cc3)[C@H](C)O2)[C@H](C)[C@@H](O[C@@H]2O[C@H](C)C[C@H](N(C)C)[C@H]2O)[C@@](C)(O)C[C@@H](C)CN(C)[C@H](C)[C@H]2OC(=O)O[C@H]21. The normalized spacial score (nSPS) is 39.0. The van der Waals surface area contributed by atoms with E-state index in [4.69, 9.17) is 37.9 Å². The van der Waals surface area contributed by atoms with Gasteiger partial charge in [-0.1, -0.05) is 62.7 Å². The van der Waals surface area contributed by atoms with Crippen molar-refractivity contribution in [3.05, 3.63) is 40.4 Å². The maximum atomic E-state index is 14.5. The minimum atomic E-state index is -1.60. The number of hydrogen-bond donors (Lipinski definition) is 4. The summed E-state index contributed by atoms with van der Waals surface area (Å²) >= 11 is 3.38. The van der Waals surface area contributed by atoms with Crippen LogP contribution in [0.25, 0.3) is 6.08 Å². The van der Waals surface area contributed by atoms with E-state index >= 15 is 0 Å². The lowest BCUT2D eigenvalue weighted by Crippen LogP contribution is -2.60. The van der Waals surface area contributed by atoms with E-state index in [1.165, 1.54) is 6.08 Å². The first-order valence-electron chi connectivity index (χ1n) is 23.5. The number of carbonyl (C=O) groups is 4. The van der Waals surface area contributed by atoms with Gasteiger partial charge in [-0.2, -0.15) is 0 Å². The fourth-order valence-corrected chi connectivity index (χ4v) is 10.5. The van der Waals surface area contributed by atoms with Crippen LogP contribution >= 0.6 is 15.9 Å². The molecule has 0 spiro atoms. The van der Waals surface area contributed by atoms with Gasteiger partial charge in [-0.05, 0) is 105 Å². The molecule has 4 saturated heterocycles. The summed E-state index contributed by atoms with van der Waals surface area (Å²) < 4.78 is 50.8. The van der Waals surface area contributed by atoms with E-state index in [2.05, 4.69) is 26.8 Å². The number of nitrogens with zero attached hydrogens (tertiary/aromatic N) is 2. The van der Waals surface area contributed by atoms with Gasteiger partial charge < -0.3 is 53.0 Å². The number of likely N-dealkylation sites (N-methyl/N-ethyl adjacent to an activating group) is 2. The van der Waals surface area contributed by atoms with Crippen LogP contribution in [0.2, 0.25) is 0 Å². The van der Waals surface area contributed by atoms with E-state index in [9.17, 15) is 29.4 Å². The highest BCUT2D eigenvalue weighted by atomic mass is 79.9. The molecule has 0 saturated carbocycles. The van der Waals surface area contributed by atoms with Crippen LogP contribution in [-0.2, 0) is 47.5 Å². The van der Waals surface area contributed by atoms with Gasteiger partial charge in [0.25, 0.3) is 5.91 Å². The van der Waals surface area contributed by atoms with E-state index in [0.29, 0.717) is 19.4 Å². The molecule has 67 heavy (non-hydrogen) atoms. The maximum absolute atomic E-state index is 14.5. The number of halogens is 1. The second kappa shape index (κ2) is 23.0. The molecule has 0 radical (unpaired) electrons. The summed E-state index contributed by atoms with van der Waals surface area (Å²) in [6.45, 7) is 18.8. The zero-order valence-electron chi connectivity index (χ0n) is 41.3. The molecular weight excluding hydrogens is 936 g/mol. The average Bonchev–Trinajstić information content (AvgIpc) is 3.64. The Balaban J connectivity index is 1.43. The molecule has 2 amide bonds. The number of rotatable bonds is 9. The van der Waals surface area contributed by atoms with E-state index < -0.39 is 108 Å². The van der Waals surface area contributed by atoms with E-state index in [-0.39, 0.29) is 36.9 Å². The Hall–Kier alpha value is -3.40. The number of nitrogens with one attached hydrogen (secondary N) is 2. The number of aliphatic hydroxyl groups is 2. The molecule has 0 aromatic heterocycles. The molecule has 0 bridgehead atoms. The first kappa shape index (κ1) is 54.5. The van der Waals surface area contributed by atoms with Gasteiger partial charge in [0.15, 0.2) is 24.8 Å². The number of cyclic esters (lactones) is 1. The third-order valence-electron chi connectivity index (χ3n) is 13.8. The summed E-state index contributed by atoms with van der Waals surface area (Å²) in [5, 5.41) is 24.4. The van der Waals surface area contributed by atoms with Crippen molar-refractivity contribution < 1.29 is 67.3 Å². The predicted molar refractivity (Wildman–Crippen MR) is 250 cm³/mol. The molecule has 1 aromatic rings. The Bertz CT molecular complexity index is 1870. The molecule has 17 atom stereocenters. The van der Waals surface area contributed by atoms with Gasteiger partial charge in [-0.25, -0.2) is 15.0 Å². The summed E-state index contributed by atoms with van der Waals surface area (Å²) in [6.07, 6.45) is -7.27. The van der Waals surface area contributed by atoms with Gasteiger partial charge >= 0.3 is 18.2 Å². The molecule has 1 aromatic carbocycles. The molecule has 0 unspecified atom stereocenters. The fraction of sp³-hybridized carbons (Fsp3) is 0.750. The molecule has 0 aliphatic carbocycles. The Morgan fingerprint density at radius 2 is 1.60 bits per heavy atom. The highest BCUT2D eigenvalue weighted by Gasteiger charge is 2.53. The summed E-state index contributed by atoms with van der Waals surface area (Å²) in [4.78, 5) is 56.7. The third kappa shape index (κ3) is 13.9. The van der Waals surface area contributed by atoms with Gasteiger partial charge in [0.05, 0.1) is 35.9 Å². The number of aliphatic hydroxyl groups excluding tert-OH is 1. The van der Waals surface area contributed by atoms with Crippen molar-refractivity contribution in [2.75, 3.05) is 27.7 Å². The number of ether oxygens (including phenoxy) is 8. The van der Waals surface area contributed by atoms with Crippen LogP contribution < -0.4 is 10.9 Å². The van der Waals surface area contributed by atoms with Gasteiger partial charge in [-0.3, -0.25) is 19.9 Å². The van der Waals surface area contributed by atoms with E-state index in [0.717, 1.165) is 10.0 Å². The quantitative estimate of drug-likeness (QED) is 0.103. The van der Waals surface area contributed by atoms with Crippen molar-refractivity contribution in [1.82, 2.24) is 20.7 Å². The van der Waals surface area contributed by atoms with Crippen molar-refractivity contribution in [3.63, 3.8) is 0 Å². The number of hydrazine groups is 1. The van der Waals surface area contributed by atoms with Gasteiger partial charge in [-0.15, -0.1) is 0 Å². The molecule has 19 heteroatoms. The zero-order chi connectivity index (χ0) is 49.7. The van der Waals surface area contributed by atoms with Crippen LogP contribution in [0.15, 0.2) is 34.8 Å². The lowest BCUT2D eigenvalue weighted by molar-refractivity contribution is -0.312. The Morgan fingerprint density at radius 3 is 2.22 bits per heavy atom. The largest absolute Gasteiger partial charge is 0.509 e. The van der Waals surface area contributed by atoms with E-state index in [1.54, 1.807) is 26.8 Å². The van der Waals surface area contributed by atoms with Crippen LogP contribution in [0.3, 0.4) is 0 Å². The number of amides is 2. The molecule has 4 fully saturated rings. The molecule has 4 aliphatic rings. The number of esters is 1. The lowest BCUT2D eigenvalue weighted by atomic mass is 9.77. The monoisotopic (exact) mass is 1010 g/mol. The van der Waals surface area contributed by atoms with Crippen LogP contribution in [0.4, 0.5) is 9.59 Å². The fourth-order valence-electron chi connectivity index (χ4n) is 10.2. The lowest BCUT2D eigenvalue weighted by Gasteiger charge is -2.49. The first-order chi connectivity index (χ1) is 31.3. The molecular formula is C48H75BrN4O14. The van der Waals surface area contributed by atoms with Crippen LogP contribution in [0, 0.1) is 23.2 Å².